The second-order valence-corrected chi connectivity index (χ2v) is 4.91. The molecule has 1 atom stereocenters. The molecule has 104 valence electrons. The molecule has 0 spiro atoms. The fraction of sp³-hybridized carbons (Fsp3) is 0.500. The number of nitrogens with one attached hydrogen (secondary N) is 1. The molecule has 1 unspecified atom stereocenters. The van der Waals surface area contributed by atoms with Crippen LogP contribution in [0.25, 0.3) is 0 Å². The maximum atomic E-state index is 13.0. The molecule has 1 saturated heterocycles. The van der Waals surface area contributed by atoms with Crippen molar-refractivity contribution in [2.24, 2.45) is 0 Å². The van der Waals surface area contributed by atoms with Crippen molar-refractivity contribution < 1.29 is 9.18 Å². The van der Waals surface area contributed by atoms with Gasteiger partial charge in [0.15, 0.2) is 0 Å². The minimum Gasteiger partial charge on any atom is -0.358 e. The summed E-state index contributed by atoms with van der Waals surface area (Å²) >= 11 is 0. The molecule has 1 heterocycles. The molecule has 1 amide bonds. The predicted molar refractivity (Wildman–Crippen MR) is 72.3 cm³/mol. The smallest absolute Gasteiger partial charge is 0.241 e. The van der Waals surface area contributed by atoms with E-state index in [0.29, 0.717) is 0 Å². The van der Waals surface area contributed by atoms with Crippen LogP contribution in [0.5, 0.6) is 0 Å². The number of hydrogen-bond acceptors (Lipinski definition) is 3. The summed E-state index contributed by atoms with van der Waals surface area (Å²) in [6, 6.07) is 5.85. The maximum Gasteiger partial charge on any atom is 0.241 e. The van der Waals surface area contributed by atoms with Crippen molar-refractivity contribution in [3.63, 3.8) is 0 Å². The first kappa shape index (κ1) is 14.0. The minimum atomic E-state index is -0.334. The van der Waals surface area contributed by atoms with Crippen LogP contribution < -0.4 is 5.32 Å². The van der Waals surface area contributed by atoms with Crippen LogP contribution in [0.15, 0.2) is 24.3 Å². The normalized spacial score (nSPS) is 19.1. The summed E-state index contributed by atoms with van der Waals surface area (Å²) in [6.07, 6.45) is 0. The number of carbonyl (C=O) groups excluding carboxylic acids is 1. The van der Waals surface area contributed by atoms with Crippen molar-refractivity contribution >= 4 is 5.91 Å². The Morgan fingerprint density at radius 2 is 1.79 bits per heavy atom. The van der Waals surface area contributed by atoms with Crippen molar-refractivity contribution in [1.82, 2.24) is 15.1 Å². The lowest BCUT2D eigenvalue weighted by Crippen LogP contribution is -2.49. The average molecular weight is 265 g/mol. The zero-order chi connectivity index (χ0) is 13.8. The number of likely N-dealkylation sites (N-methyl/N-ethyl adjacent to an activating group) is 2. The zero-order valence-corrected chi connectivity index (χ0v) is 11.4. The third kappa shape index (κ3) is 3.30. The number of nitrogens with zero attached hydrogens (tertiary/aromatic N) is 2. The molecule has 2 rings (SSSR count). The van der Waals surface area contributed by atoms with Crippen LogP contribution in [0.3, 0.4) is 0 Å². The number of amides is 1. The van der Waals surface area contributed by atoms with Gasteiger partial charge < -0.3 is 10.2 Å². The van der Waals surface area contributed by atoms with E-state index in [2.05, 4.69) is 22.2 Å². The Bertz CT molecular complexity index is 427. The summed E-state index contributed by atoms with van der Waals surface area (Å²) in [4.78, 5) is 16.5. The number of carbonyl (C=O) groups is 1. The lowest BCUT2D eigenvalue weighted by molar-refractivity contribution is -0.126. The highest BCUT2D eigenvalue weighted by molar-refractivity contribution is 5.82. The molecule has 0 aromatic heterocycles. The monoisotopic (exact) mass is 265 g/mol. The van der Waals surface area contributed by atoms with Gasteiger partial charge in [-0.05, 0) is 24.7 Å². The third-order valence-corrected chi connectivity index (χ3v) is 3.58. The van der Waals surface area contributed by atoms with E-state index >= 15 is 0 Å². The van der Waals surface area contributed by atoms with Crippen LogP contribution in [0.4, 0.5) is 4.39 Å². The highest BCUT2D eigenvalue weighted by Gasteiger charge is 2.28. The fourth-order valence-electron chi connectivity index (χ4n) is 2.39. The number of rotatable bonds is 3. The first-order valence-corrected chi connectivity index (χ1v) is 6.51. The lowest BCUT2D eigenvalue weighted by atomic mass is 10.0. The van der Waals surface area contributed by atoms with Crippen LogP contribution in [0.1, 0.15) is 11.6 Å². The SMILES string of the molecule is CNC(=O)C(c1ccc(F)cc1)N1CCN(C)CC1. The Balaban J connectivity index is 2.21. The maximum absolute atomic E-state index is 13.0. The second-order valence-electron chi connectivity index (χ2n) is 4.91. The van der Waals surface area contributed by atoms with E-state index in [1.807, 2.05) is 0 Å². The lowest BCUT2D eigenvalue weighted by Gasteiger charge is -2.37. The van der Waals surface area contributed by atoms with Gasteiger partial charge in [0.25, 0.3) is 0 Å². The topological polar surface area (TPSA) is 35.6 Å². The Labute approximate surface area is 113 Å². The van der Waals surface area contributed by atoms with E-state index in [-0.39, 0.29) is 17.8 Å². The molecule has 0 aliphatic carbocycles. The van der Waals surface area contributed by atoms with Gasteiger partial charge in [0.2, 0.25) is 5.91 Å². The second kappa shape index (κ2) is 6.12. The molecule has 1 aliphatic rings. The van der Waals surface area contributed by atoms with E-state index in [4.69, 9.17) is 0 Å². The first-order chi connectivity index (χ1) is 9.11. The molecule has 0 bridgehead atoms. The molecule has 1 N–H and O–H groups in total. The number of benzene rings is 1. The fourth-order valence-corrected chi connectivity index (χ4v) is 2.39. The Hall–Kier alpha value is -1.46. The molecule has 1 aromatic rings. The highest BCUT2D eigenvalue weighted by atomic mass is 19.1. The summed E-state index contributed by atoms with van der Waals surface area (Å²) in [6.45, 7) is 3.56. The number of piperazine rings is 1. The Morgan fingerprint density at radius 3 is 2.32 bits per heavy atom. The standard InChI is InChI=1S/C14H20FN3O/c1-16-14(19)13(11-3-5-12(15)6-4-11)18-9-7-17(2)8-10-18/h3-6,13H,7-10H2,1-2H3,(H,16,19). The Kier molecular flexibility index (Phi) is 4.50. The van der Waals surface area contributed by atoms with Crippen LogP contribution in [0.2, 0.25) is 0 Å². The molecule has 1 aromatic carbocycles. The summed E-state index contributed by atoms with van der Waals surface area (Å²) in [5.41, 5.74) is 0.838. The van der Waals surface area contributed by atoms with Crippen molar-refractivity contribution in [3.8, 4) is 0 Å². The van der Waals surface area contributed by atoms with E-state index in [0.717, 1.165) is 31.7 Å². The number of halogens is 1. The van der Waals surface area contributed by atoms with Crippen molar-refractivity contribution in [2.75, 3.05) is 40.3 Å². The molecular formula is C14H20FN3O. The number of hydrogen-bond donors (Lipinski definition) is 1. The average Bonchev–Trinajstić information content (AvgIpc) is 2.43. The molecule has 5 heteroatoms. The van der Waals surface area contributed by atoms with Crippen LogP contribution in [-0.2, 0) is 4.79 Å². The van der Waals surface area contributed by atoms with Gasteiger partial charge >= 0.3 is 0 Å². The van der Waals surface area contributed by atoms with Gasteiger partial charge in [-0.2, -0.15) is 0 Å². The van der Waals surface area contributed by atoms with E-state index in [1.54, 1.807) is 19.2 Å². The summed E-state index contributed by atoms with van der Waals surface area (Å²) in [5.74, 6) is -0.325. The molecule has 0 saturated carbocycles. The van der Waals surface area contributed by atoms with Crippen LogP contribution in [0, 0.1) is 5.82 Å². The third-order valence-electron chi connectivity index (χ3n) is 3.58. The molecule has 1 aliphatic heterocycles. The molecule has 1 fully saturated rings. The summed E-state index contributed by atoms with van der Waals surface area (Å²) in [7, 11) is 3.71. The van der Waals surface area contributed by atoms with Gasteiger partial charge in [-0.25, -0.2) is 4.39 Å². The quantitative estimate of drug-likeness (QED) is 0.880. The van der Waals surface area contributed by atoms with Gasteiger partial charge in [0, 0.05) is 33.2 Å². The largest absolute Gasteiger partial charge is 0.358 e. The van der Waals surface area contributed by atoms with Crippen molar-refractivity contribution in [1.29, 1.82) is 0 Å². The summed E-state index contributed by atoms with van der Waals surface area (Å²) < 4.78 is 13.0. The zero-order valence-electron chi connectivity index (χ0n) is 11.4. The van der Waals surface area contributed by atoms with E-state index in [1.165, 1.54) is 12.1 Å². The van der Waals surface area contributed by atoms with E-state index < -0.39 is 0 Å². The molecular weight excluding hydrogens is 245 g/mol. The van der Waals surface area contributed by atoms with Gasteiger partial charge in [-0.15, -0.1) is 0 Å². The van der Waals surface area contributed by atoms with Crippen LogP contribution in [-0.4, -0.2) is 56.0 Å². The van der Waals surface area contributed by atoms with Gasteiger partial charge in [0.05, 0.1) is 0 Å². The minimum absolute atomic E-state index is 0.0452. The molecule has 0 radical (unpaired) electrons. The molecule has 4 nitrogen and oxygen atoms in total. The van der Waals surface area contributed by atoms with Gasteiger partial charge in [-0.1, -0.05) is 12.1 Å². The highest BCUT2D eigenvalue weighted by Crippen LogP contribution is 2.22. The van der Waals surface area contributed by atoms with Gasteiger partial charge in [0.1, 0.15) is 11.9 Å². The van der Waals surface area contributed by atoms with Crippen LogP contribution >= 0.6 is 0 Å². The first-order valence-electron chi connectivity index (χ1n) is 6.51. The van der Waals surface area contributed by atoms with Crippen molar-refractivity contribution in [3.05, 3.63) is 35.6 Å². The predicted octanol–water partition coefficient (Wildman–Crippen LogP) is 0.860. The van der Waals surface area contributed by atoms with Gasteiger partial charge in [-0.3, -0.25) is 9.69 Å². The molecule has 19 heavy (non-hydrogen) atoms. The van der Waals surface area contributed by atoms with E-state index in [9.17, 15) is 9.18 Å². The van der Waals surface area contributed by atoms with Crippen molar-refractivity contribution in [2.45, 2.75) is 6.04 Å². The Morgan fingerprint density at radius 1 is 1.21 bits per heavy atom. The summed E-state index contributed by atoms with van der Waals surface area (Å²) in [5, 5.41) is 2.70.